The van der Waals surface area contributed by atoms with Crippen molar-refractivity contribution in [3.63, 3.8) is 0 Å². The molecule has 0 heterocycles. The van der Waals surface area contributed by atoms with E-state index in [0.717, 1.165) is 18.6 Å². The first-order valence-electron chi connectivity index (χ1n) is 6.87. The van der Waals surface area contributed by atoms with E-state index in [1.165, 1.54) is 6.07 Å². The maximum Gasteiger partial charge on any atom is 0.160 e. The van der Waals surface area contributed by atoms with E-state index >= 15 is 0 Å². The quantitative estimate of drug-likeness (QED) is 0.771. The van der Waals surface area contributed by atoms with Crippen molar-refractivity contribution in [2.24, 2.45) is 5.92 Å². The van der Waals surface area contributed by atoms with E-state index in [1.807, 2.05) is 6.92 Å². The highest BCUT2D eigenvalue weighted by atomic mass is 19.2. The Bertz CT molecular complexity index is 413. The van der Waals surface area contributed by atoms with Gasteiger partial charge in [0.25, 0.3) is 0 Å². The Labute approximate surface area is 119 Å². The van der Waals surface area contributed by atoms with E-state index in [-0.39, 0.29) is 19.3 Å². The van der Waals surface area contributed by atoms with Crippen LogP contribution in [0.1, 0.15) is 27.2 Å². The third-order valence-corrected chi connectivity index (χ3v) is 2.84. The molecule has 0 aliphatic heterocycles. The Hall–Kier alpha value is -1.20. The van der Waals surface area contributed by atoms with Crippen molar-refractivity contribution in [2.75, 3.05) is 18.5 Å². The van der Waals surface area contributed by atoms with E-state index in [1.54, 1.807) is 0 Å². The standard InChI is InChI=1S/C15H23F2NO2/c1-10(2)6-11(3)20-9-13(19)8-18-12-4-5-14(16)15(17)7-12/h4-5,7,10-11,13,18-19H,6,8-9H2,1-3H3. The fourth-order valence-corrected chi connectivity index (χ4v) is 1.91. The lowest BCUT2D eigenvalue weighted by molar-refractivity contribution is -0.00443. The van der Waals surface area contributed by atoms with Crippen LogP contribution in [0.3, 0.4) is 0 Å². The predicted molar refractivity (Wildman–Crippen MR) is 75.7 cm³/mol. The maximum atomic E-state index is 13.0. The van der Waals surface area contributed by atoms with Crippen LogP contribution in [0, 0.1) is 17.6 Å². The molecule has 0 saturated carbocycles. The number of aliphatic hydroxyl groups excluding tert-OH is 1. The summed E-state index contributed by atoms with van der Waals surface area (Å²) in [5, 5.41) is 12.6. The molecule has 20 heavy (non-hydrogen) atoms. The molecule has 1 rings (SSSR count). The van der Waals surface area contributed by atoms with E-state index in [0.29, 0.717) is 11.6 Å². The second-order valence-corrected chi connectivity index (χ2v) is 5.44. The van der Waals surface area contributed by atoms with Crippen LogP contribution in [-0.2, 0) is 4.74 Å². The molecular formula is C15H23F2NO2. The van der Waals surface area contributed by atoms with Gasteiger partial charge in [-0.05, 0) is 31.4 Å². The van der Waals surface area contributed by atoms with Gasteiger partial charge in [-0.15, -0.1) is 0 Å². The smallest absolute Gasteiger partial charge is 0.160 e. The summed E-state index contributed by atoms with van der Waals surface area (Å²) in [4.78, 5) is 0. The number of ether oxygens (including phenoxy) is 1. The van der Waals surface area contributed by atoms with Crippen molar-refractivity contribution >= 4 is 5.69 Å². The third-order valence-electron chi connectivity index (χ3n) is 2.84. The highest BCUT2D eigenvalue weighted by molar-refractivity contribution is 5.43. The first-order chi connectivity index (χ1) is 9.38. The van der Waals surface area contributed by atoms with E-state index in [4.69, 9.17) is 4.74 Å². The van der Waals surface area contributed by atoms with Gasteiger partial charge in [-0.2, -0.15) is 0 Å². The first-order valence-corrected chi connectivity index (χ1v) is 6.87. The summed E-state index contributed by atoms with van der Waals surface area (Å²) < 4.78 is 31.2. The Morgan fingerprint density at radius 2 is 1.90 bits per heavy atom. The predicted octanol–water partition coefficient (Wildman–Crippen LogP) is 3.19. The van der Waals surface area contributed by atoms with Crippen LogP contribution < -0.4 is 5.32 Å². The van der Waals surface area contributed by atoms with E-state index in [2.05, 4.69) is 19.2 Å². The van der Waals surface area contributed by atoms with Gasteiger partial charge < -0.3 is 15.2 Å². The lowest BCUT2D eigenvalue weighted by Gasteiger charge is -2.18. The van der Waals surface area contributed by atoms with Gasteiger partial charge >= 0.3 is 0 Å². The highest BCUT2D eigenvalue weighted by Crippen LogP contribution is 2.13. The van der Waals surface area contributed by atoms with Gasteiger partial charge in [-0.3, -0.25) is 0 Å². The lowest BCUT2D eigenvalue weighted by atomic mass is 10.1. The average Bonchev–Trinajstić information content (AvgIpc) is 2.37. The van der Waals surface area contributed by atoms with E-state index < -0.39 is 17.7 Å². The number of rotatable bonds is 8. The molecule has 2 unspecified atom stereocenters. The van der Waals surface area contributed by atoms with Gasteiger partial charge in [0.1, 0.15) is 0 Å². The first kappa shape index (κ1) is 16.9. The Balaban J connectivity index is 2.28. The minimum atomic E-state index is -0.911. The Morgan fingerprint density at radius 3 is 2.50 bits per heavy atom. The fourth-order valence-electron chi connectivity index (χ4n) is 1.91. The molecule has 3 nitrogen and oxygen atoms in total. The minimum Gasteiger partial charge on any atom is -0.389 e. The van der Waals surface area contributed by atoms with Crippen LogP contribution in [0.25, 0.3) is 0 Å². The zero-order valence-electron chi connectivity index (χ0n) is 12.2. The van der Waals surface area contributed by atoms with Crippen LogP contribution in [0.5, 0.6) is 0 Å². The number of halogens is 2. The molecule has 1 aromatic rings. The molecule has 0 aromatic heterocycles. The summed E-state index contributed by atoms with van der Waals surface area (Å²) in [6.45, 7) is 6.63. The average molecular weight is 287 g/mol. The van der Waals surface area contributed by atoms with Crippen LogP contribution in [0.2, 0.25) is 0 Å². The molecular weight excluding hydrogens is 264 g/mol. The van der Waals surface area contributed by atoms with Gasteiger partial charge in [0.2, 0.25) is 0 Å². The van der Waals surface area contributed by atoms with Gasteiger partial charge in [0, 0.05) is 18.3 Å². The third kappa shape index (κ3) is 6.30. The number of hydrogen-bond donors (Lipinski definition) is 2. The summed E-state index contributed by atoms with van der Waals surface area (Å²) in [5.41, 5.74) is 0.429. The second kappa shape index (κ2) is 8.17. The molecule has 2 atom stereocenters. The topological polar surface area (TPSA) is 41.5 Å². The molecule has 0 aliphatic rings. The van der Waals surface area contributed by atoms with Crippen molar-refractivity contribution in [3.8, 4) is 0 Å². The molecule has 0 radical (unpaired) electrons. The maximum absolute atomic E-state index is 13.0. The molecule has 0 amide bonds. The molecule has 0 fully saturated rings. The summed E-state index contributed by atoms with van der Waals surface area (Å²) in [7, 11) is 0. The zero-order chi connectivity index (χ0) is 15.1. The zero-order valence-corrected chi connectivity index (χ0v) is 12.2. The number of benzene rings is 1. The van der Waals surface area contributed by atoms with Crippen molar-refractivity contribution in [1.29, 1.82) is 0 Å². The molecule has 0 aliphatic carbocycles. The molecule has 0 bridgehead atoms. The number of anilines is 1. The van der Waals surface area contributed by atoms with Gasteiger partial charge in [-0.25, -0.2) is 8.78 Å². The summed E-state index contributed by atoms with van der Waals surface area (Å²) in [6, 6.07) is 3.53. The highest BCUT2D eigenvalue weighted by Gasteiger charge is 2.10. The van der Waals surface area contributed by atoms with Crippen LogP contribution in [-0.4, -0.2) is 30.5 Å². The number of aliphatic hydroxyl groups is 1. The van der Waals surface area contributed by atoms with Crippen LogP contribution >= 0.6 is 0 Å². The second-order valence-electron chi connectivity index (χ2n) is 5.44. The molecule has 2 N–H and O–H groups in total. The fraction of sp³-hybridized carbons (Fsp3) is 0.600. The molecule has 114 valence electrons. The van der Waals surface area contributed by atoms with Gasteiger partial charge in [-0.1, -0.05) is 13.8 Å². The summed E-state index contributed by atoms with van der Waals surface area (Å²) in [5.74, 6) is -1.25. The monoisotopic (exact) mass is 287 g/mol. The van der Waals surface area contributed by atoms with Crippen molar-refractivity contribution in [1.82, 2.24) is 0 Å². The Kier molecular flexibility index (Phi) is 6.88. The van der Waals surface area contributed by atoms with Crippen molar-refractivity contribution in [2.45, 2.75) is 39.4 Å². The largest absolute Gasteiger partial charge is 0.389 e. The molecule has 0 saturated heterocycles. The van der Waals surface area contributed by atoms with Gasteiger partial charge in [0.15, 0.2) is 11.6 Å². The SMILES string of the molecule is CC(C)CC(C)OCC(O)CNc1ccc(F)c(F)c1. The van der Waals surface area contributed by atoms with Crippen LogP contribution in [0.4, 0.5) is 14.5 Å². The normalized spacial score (nSPS) is 14.3. The Morgan fingerprint density at radius 1 is 1.20 bits per heavy atom. The van der Waals surface area contributed by atoms with Gasteiger partial charge in [0.05, 0.1) is 18.8 Å². The number of hydrogen-bond acceptors (Lipinski definition) is 3. The summed E-state index contributed by atoms with van der Waals surface area (Å²) in [6.07, 6.45) is 0.328. The summed E-state index contributed by atoms with van der Waals surface area (Å²) >= 11 is 0. The van der Waals surface area contributed by atoms with Crippen molar-refractivity contribution < 1.29 is 18.6 Å². The van der Waals surface area contributed by atoms with E-state index in [9.17, 15) is 13.9 Å². The molecule has 5 heteroatoms. The van der Waals surface area contributed by atoms with Crippen LogP contribution in [0.15, 0.2) is 18.2 Å². The minimum absolute atomic E-state index is 0.0907. The number of nitrogens with one attached hydrogen (secondary N) is 1. The molecule has 1 aromatic carbocycles. The molecule has 0 spiro atoms. The lowest BCUT2D eigenvalue weighted by Crippen LogP contribution is -2.27. The van der Waals surface area contributed by atoms with Crippen molar-refractivity contribution in [3.05, 3.63) is 29.8 Å².